The molecule has 0 N–H and O–H groups in total. The molecule has 7 nitrogen and oxygen atoms in total. The number of carbonyl (C=O) groups excluding carboxylic acids is 1. The van der Waals surface area contributed by atoms with Crippen molar-refractivity contribution in [2.24, 2.45) is 4.99 Å². The van der Waals surface area contributed by atoms with Crippen LogP contribution in [-0.2, 0) is 11.3 Å². The van der Waals surface area contributed by atoms with Gasteiger partial charge in [-0.1, -0.05) is 41.9 Å². The minimum Gasteiger partial charge on any atom is -0.497 e. The van der Waals surface area contributed by atoms with Crippen molar-refractivity contribution in [1.82, 2.24) is 0 Å². The number of hydrogen-bond donors (Lipinski definition) is 0. The maximum Gasteiger partial charge on any atom is 0.296 e. The fourth-order valence-electron chi connectivity index (χ4n) is 3.30. The lowest BCUT2D eigenvalue weighted by Crippen LogP contribution is -2.29. The number of carbonyl (C=O) groups is 1. The molecule has 0 radical (unpaired) electrons. The molecule has 4 rings (SSSR count). The predicted molar refractivity (Wildman–Crippen MR) is 115 cm³/mol. The molecule has 0 saturated carbocycles. The maximum atomic E-state index is 13.2. The number of nitro groups is 1. The summed E-state index contributed by atoms with van der Waals surface area (Å²) in [6.45, 7) is 0.335. The number of methoxy groups -OCH3 is 1. The summed E-state index contributed by atoms with van der Waals surface area (Å²) in [5.41, 5.74) is 2.22. The third-order valence-electron chi connectivity index (χ3n) is 4.76. The van der Waals surface area contributed by atoms with E-state index in [0.717, 1.165) is 11.3 Å². The van der Waals surface area contributed by atoms with Crippen LogP contribution in [0.4, 0.5) is 17.1 Å². The smallest absolute Gasteiger partial charge is 0.296 e. The monoisotopic (exact) mass is 421 g/mol. The van der Waals surface area contributed by atoms with Gasteiger partial charge in [-0.3, -0.25) is 14.9 Å². The molecule has 1 aliphatic rings. The Labute approximate surface area is 177 Å². The third-order valence-corrected chi connectivity index (χ3v) is 5.00. The molecule has 1 aliphatic heterocycles. The Balaban J connectivity index is 1.75. The Morgan fingerprint density at radius 2 is 1.83 bits per heavy atom. The van der Waals surface area contributed by atoms with Gasteiger partial charge in [0, 0.05) is 16.7 Å². The van der Waals surface area contributed by atoms with Gasteiger partial charge < -0.3 is 9.64 Å². The molecule has 30 heavy (non-hydrogen) atoms. The highest BCUT2D eigenvalue weighted by Gasteiger charge is 2.34. The van der Waals surface area contributed by atoms with Crippen LogP contribution < -0.4 is 9.64 Å². The molecule has 0 aliphatic carbocycles. The summed E-state index contributed by atoms with van der Waals surface area (Å²) in [7, 11) is 1.59. The third kappa shape index (κ3) is 3.62. The van der Waals surface area contributed by atoms with Crippen molar-refractivity contribution in [3.05, 3.63) is 93.0 Å². The fourth-order valence-corrected chi connectivity index (χ4v) is 3.46. The summed E-state index contributed by atoms with van der Waals surface area (Å²) in [5, 5.41) is 11.6. The number of fused-ring (bicyclic) bond motifs is 1. The van der Waals surface area contributed by atoms with E-state index in [1.54, 1.807) is 24.1 Å². The Morgan fingerprint density at radius 1 is 1.10 bits per heavy atom. The number of aliphatic imine (C=N–C) groups is 1. The number of nitro benzene ring substituents is 1. The van der Waals surface area contributed by atoms with Crippen LogP contribution in [0.15, 0.2) is 71.7 Å². The van der Waals surface area contributed by atoms with Crippen molar-refractivity contribution in [2.45, 2.75) is 6.54 Å². The van der Waals surface area contributed by atoms with Crippen molar-refractivity contribution >= 4 is 40.3 Å². The Hall–Kier alpha value is -3.71. The van der Waals surface area contributed by atoms with Crippen molar-refractivity contribution in [1.29, 1.82) is 0 Å². The average Bonchev–Trinajstić information content (AvgIpc) is 3.01. The Morgan fingerprint density at radius 3 is 2.53 bits per heavy atom. The first-order chi connectivity index (χ1) is 14.5. The minimum atomic E-state index is -0.564. The number of anilines is 1. The normalized spacial score (nSPS) is 14.1. The zero-order valence-electron chi connectivity index (χ0n) is 15.9. The first-order valence-electron chi connectivity index (χ1n) is 9.05. The zero-order valence-corrected chi connectivity index (χ0v) is 16.7. The van der Waals surface area contributed by atoms with E-state index in [-0.39, 0.29) is 28.0 Å². The molecule has 0 bridgehead atoms. The molecule has 0 saturated heterocycles. The van der Waals surface area contributed by atoms with Gasteiger partial charge in [0.1, 0.15) is 17.1 Å². The van der Waals surface area contributed by atoms with Crippen LogP contribution in [0, 0.1) is 10.1 Å². The number of rotatable bonds is 5. The molecule has 150 valence electrons. The highest BCUT2D eigenvalue weighted by atomic mass is 35.5. The number of amides is 1. The number of halogens is 1. The number of nitrogens with zero attached hydrogens (tertiary/aromatic N) is 3. The van der Waals surface area contributed by atoms with E-state index in [1.807, 2.05) is 36.4 Å². The molecular weight excluding hydrogens is 406 g/mol. The van der Waals surface area contributed by atoms with Crippen LogP contribution in [0.25, 0.3) is 0 Å². The first-order valence-corrected chi connectivity index (χ1v) is 9.42. The number of hydrogen-bond acceptors (Lipinski definition) is 5. The van der Waals surface area contributed by atoms with Gasteiger partial charge in [0.25, 0.3) is 11.6 Å². The Bertz CT molecular complexity index is 1180. The molecule has 0 unspecified atom stereocenters. The second-order valence-corrected chi connectivity index (χ2v) is 7.04. The van der Waals surface area contributed by atoms with Crippen LogP contribution in [0.3, 0.4) is 0 Å². The lowest BCUT2D eigenvalue weighted by Gasteiger charge is -2.17. The summed E-state index contributed by atoms with van der Waals surface area (Å²) in [6, 6.07) is 18.8. The number of para-hydroxylation sites is 1. The maximum absolute atomic E-state index is 13.2. The summed E-state index contributed by atoms with van der Waals surface area (Å²) < 4.78 is 5.17. The van der Waals surface area contributed by atoms with E-state index >= 15 is 0 Å². The molecule has 0 aromatic heterocycles. The molecule has 3 aromatic rings. The van der Waals surface area contributed by atoms with Gasteiger partial charge in [-0.2, -0.15) is 0 Å². The molecule has 0 atom stereocenters. The SMILES string of the molecule is COc1ccc(CN2C(=O)C(=Nc3ccc(Cl)cc3[N+](=O)[O-])c3ccccc32)cc1. The topological polar surface area (TPSA) is 85.0 Å². The summed E-state index contributed by atoms with van der Waals surface area (Å²) in [5.74, 6) is 0.403. The predicted octanol–water partition coefficient (Wildman–Crippen LogP) is 4.92. The van der Waals surface area contributed by atoms with Gasteiger partial charge in [-0.25, -0.2) is 4.99 Å². The van der Waals surface area contributed by atoms with Gasteiger partial charge in [0.15, 0.2) is 0 Å². The molecular formula is C22H16ClN3O4. The second kappa shape index (κ2) is 7.96. The highest BCUT2D eigenvalue weighted by molar-refractivity contribution is 6.54. The van der Waals surface area contributed by atoms with Crippen molar-refractivity contribution in [3.8, 4) is 5.75 Å². The molecule has 1 heterocycles. The summed E-state index contributed by atoms with van der Waals surface area (Å²) >= 11 is 5.89. The van der Waals surface area contributed by atoms with Gasteiger partial charge in [0.2, 0.25) is 0 Å². The van der Waals surface area contributed by atoms with E-state index in [2.05, 4.69) is 4.99 Å². The molecule has 0 spiro atoms. The second-order valence-electron chi connectivity index (χ2n) is 6.61. The lowest BCUT2D eigenvalue weighted by molar-refractivity contribution is -0.384. The van der Waals surface area contributed by atoms with E-state index in [0.29, 0.717) is 17.8 Å². The average molecular weight is 422 g/mol. The largest absolute Gasteiger partial charge is 0.497 e. The van der Waals surface area contributed by atoms with Crippen LogP contribution in [0.2, 0.25) is 5.02 Å². The van der Waals surface area contributed by atoms with E-state index < -0.39 is 4.92 Å². The minimum absolute atomic E-state index is 0.0776. The molecule has 1 amide bonds. The van der Waals surface area contributed by atoms with Gasteiger partial charge in [-0.15, -0.1) is 0 Å². The lowest BCUT2D eigenvalue weighted by atomic mass is 10.1. The van der Waals surface area contributed by atoms with Crippen LogP contribution in [0.1, 0.15) is 11.1 Å². The van der Waals surface area contributed by atoms with E-state index in [1.165, 1.54) is 18.2 Å². The first kappa shape index (κ1) is 19.6. The highest BCUT2D eigenvalue weighted by Crippen LogP contribution is 2.35. The standard InChI is InChI=1S/C22H16ClN3O4/c1-30-16-9-6-14(7-10-16)13-25-19-5-3-2-4-17(19)21(22(25)27)24-18-11-8-15(23)12-20(18)26(28)29/h2-12H,13H2,1H3. The van der Waals surface area contributed by atoms with Crippen molar-refractivity contribution in [2.75, 3.05) is 12.0 Å². The number of benzene rings is 3. The van der Waals surface area contributed by atoms with Crippen LogP contribution >= 0.6 is 11.6 Å². The van der Waals surface area contributed by atoms with Crippen LogP contribution in [0.5, 0.6) is 5.75 Å². The summed E-state index contributed by atoms with van der Waals surface area (Å²) in [4.78, 5) is 30.0. The molecule has 8 heteroatoms. The Kier molecular flexibility index (Phi) is 5.20. The van der Waals surface area contributed by atoms with Gasteiger partial charge in [0.05, 0.1) is 24.3 Å². The molecule has 3 aromatic carbocycles. The van der Waals surface area contributed by atoms with Crippen molar-refractivity contribution in [3.63, 3.8) is 0 Å². The quantitative estimate of drug-likeness (QED) is 0.432. The van der Waals surface area contributed by atoms with Crippen LogP contribution in [-0.4, -0.2) is 23.7 Å². The summed E-state index contributed by atoms with van der Waals surface area (Å²) in [6.07, 6.45) is 0. The van der Waals surface area contributed by atoms with E-state index in [4.69, 9.17) is 16.3 Å². The van der Waals surface area contributed by atoms with E-state index in [9.17, 15) is 14.9 Å². The fraction of sp³-hybridized carbons (Fsp3) is 0.0909. The number of ether oxygens (including phenoxy) is 1. The zero-order chi connectivity index (χ0) is 21.3. The van der Waals surface area contributed by atoms with Crippen molar-refractivity contribution < 1.29 is 14.5 Å². The van der Waals surface area contributed by atoms with Gasteiger partial charge in [-0.05, 0) is 35.9 Å². The van der Waals surface area contributed by atoms with Gasteiger partial charge >= 0.3 is 0 Å². The molecule has 0 fully saturated rings.